The molecule has 0 aliphatic heterocycles. The molecule has 0 amide bonds. The van der Waals surface area contributed by atoms with E-state index >= 15 is 0 Å². The van der Waals surface area contributed by atoms with E-state index in [0.717, 1.165) is 28.4 Å². The van der Waals surface area contributed by atoms with Crippen LogP contribution in [0, 0.1) is 12.8 Å². The van der Waals surface area contributed by atoms with Gasteiger partial charge in [0.1, 0.15) is 0 Å². The van der Waals surface area contributed by atoms with E-state index in [9.17, 15) is 4.79 Å². The predicted molar refractivity (Wildman–Crippen MR) is 74.4 cm³/mol. The lowest BCUT2D eigenvalue weighted by Gasteiger charge is -2.14. The Morgan fingerprint density at radius 1 is 1.18 bits per heavy atom. The van der Waals surface area contributed by atoms with E-state index in [-0.39, 0.29) is 5.92 Å². The van der Waals surface area contributed by atoms with Gasteiger partial charge < -0.3 is 0 Å². The molecular formula is C15H19BrO. The lowest BCUT2D eigenvalue weighted by molar-refractivity contribution is 0.0907. The van der Waals surface area contributed by atoms with E-state index < -0.39 is 0 Å². The van der Waals surface area contributed by atoms with Crippen LogP contribution in [0.15, 0.2) is 22.7 Å². The Balaban J connectivity index is 2.20. The highest BCUT2D eigenvalue weighted by molar-refractivity contribution is 9.10. The maximum absolute atomic E-state index is 12.5. The third-order valence-corrected chi connectivity index (χ3v) is 4.74. The maximum atomic E-state index is 12.5. The van der Waals surface area contributed by atoms with Crippen molar-refractivity contribution in [2.45, 2.75) is 45.4 Å². The van der Waals surface area contributed by atoms with Crippen molar-refractivity contribution in [2.24, 2.45) is 5.92 Å². The summed E-state index contributed by atoms with van der Waals surface area (Å²) in [6.07, 6.45) is 7.13. The summed E-state index contributed by atoms with van der Waals surface area (Å²) in [7, 11) is 0. The lowest BCUT2D eigenvalue weighted by Crippen LogP contribution is -2.14. The van der Waals surface area contributed by atoms with Crippen LogP contribution in [0.1, 0.15) is 54.4 Å². The molecule has 1 aromatic carbocycles. The van der Waals surface area contributed by atoms with Crippen molar-refractivity contribution >= 4 is 21.7 Å². The van der Waals surface area contributed by atoms with Crippen molar-refractivity contribution in [3.8, 4) is 0 Å². The highest BCUT2D eigenvalue weighted by Crippen LogP contribution is 2.29. The molecule has 0 unspecified atom stereocenters. The minimum Gasteiger partial charge on any atom is -0.294 e. The zero-order valence-electron chi connectivity index (χ0n) is 10.3. The number of hydrogen-bond acceptors (Lipinski definition) is 1. The number of ketones is 1. The molecule has 0 heterocycles. The molecule has 1 saturated carbocycles. The van der Waals surface area contributed by atoms with Gasteiger partial charge in [-0.3, -0.25) is 4.79 Å². The molecule has 2 heteroatoms. The highest BCUT2D eigenvalue weighted by atomic mass is 79.9. The molecule has 1 nitrogen and oxygen atoms in total. The number of rotatable bonds is 2. The molecule has 0 radical (unpaired) electrons. The Kier molecular flexibility index (Phi) is 4.38. The average Bonchev–Trinajstić information content (AvgIpc) is 2.60. The van der Waals surface area contributed by atoms with E-state index in [2.05, 4.69) is 15.9 Å². The molecule has 0 saturated heterocycles. The van der Waals surface area contributed by atoms with Gasteiger partial charge in [0.05, 0.1) is 0 Å². The molecule has 0 aromatic heterocycles. The molecule has 0 bridgehead atoms. The van der Waals surface area contributed by atoms with Crippen LogP contribution in [-0.4, -0.2) is 5.78 Å². The first-order valence-electron chi connectivity index (χ1n) is 6.49. The number of benzene rings is 1. The molecule has 1 fully saturated rings. The zero-order valence-corrected chi connectivity index (χ0v) is 11.9. The summed E-state index contributed by atoms with van der Waals surface area (Å²) in [5.41, 5.74) is 2.02. The van der Waals surface area contributed by atoms with Crippen LogP contribution in [0.3, 0.4) is 0 Å². The van der Waals surface area contributed by atoms with E-state index in [4.69, 9.17) is 0 Å². The van der Waals surface area contributed by atoms with Gasteiger partial charge in [-0.15, -0.1) is 0 Å². The van der Waals surface area contributed by atoms with Crippen LogP contribution in [0.4, 0.5) is 0 Å². The predicted octanol–water partition coefficient (Wildman–Crippen LogP) is 4.91. The van der Waals surface area contributed by atoms with Crippen molar-refractivity contribution in [3.05, 3.63) is 33.8 Å². The fourth-order valence-corrected chi connectivity index (χ4v) is 3.06. The van der Waals surface area contributed by atoms with Crippen molar-refractivity contribution in [2.75, 3.05) is 0 Å². The third kappa shape index (κ3) is 2.98. The zero-order chi connectivity index (χ0) is 12.3. The SMILES string of the molecule is Cc1cccc(C(=O)C2CCCCCC2)c1Br. The highest BCUT2D eigenvalue weighted by Gasteiger charge is 2.23. The van der Waals surface area contributed by atoms with Gasteiger partial charge in [-0.2, -0.15) is 0 Å². The van der Waals surface area contributed by atoms with Crippen molar-refractivity contribution in [1.82, 2.24) is 0 Å². The maximum Gasteiger partial charge on any atom is 0.167 e. The second kappa shape index (κ2) is 5.81. The van der Waals surface area contributed by atoms with Crippen LogP contribution >= 0.6 is 15.9 Å². The molecule has 1 aliphatic carbocycles. The first-order chi connectivity index (χ1) is 8.20. The monoisotopic (exact) mass is 294 g/mol. The molecule has 0 N–H and O–H groups in total. The second-order valence-electron chi connectivity index (χ2n) is 4.99. The first kappa shape index (κ1) is 12.8. The number of Topliss-reactive ketones (excluding diaryl/α,β-unsaturated/α-hetero) is 1. The molecule has 2 rings (SSSR count). The van der Waals surface area contributed by atoms with E-state index in [1.165, 1.54) is 25.7 Å². The Labute approximate surface area is 112 Å². The Morgan fingerprint density at radius 2 is 1.82 bits per heavy atom. The summed E-state index contributed by atoms with van der Waals surface area (Å²) < 4.78 is 0.981. The van der Waals surface area contributed by atoms with Crippen LogP contribution in [-0.2, 0) is 0 Å². The van der Waals surface area contributed by atoms with Crippen LogP contribution in [0.5, 0.6) is 0 Å². The van der Waals surface area contributed by atoms with Crippen LogP contribution < -0.4 is 0 Å². The van der Waals surface area contributed by atoms with Gasteiger partial charge in [-0.05, 0) is 41.3 Å². The van der Waals surface area contributed by atoms with Gasteiger partial charge >= 0.3 is 0 Å². The first-order valence-corrected chi connectivity index (χ1v) is 7.29. The Hall–Kier alpha value is -0.630. The van der Waals surface area contributed by atoms with E-state index in [0.29, 0.717) is 5.78 Å². The van der Waals surface area contributed by atoms with Gasteiger partial charge in [0.25, 0.3) is 0 Å². The quantitative estimate of drug-likeness (QED) is 0.559. The number of carbonyl (C=O) groups is 1. The topological polar surface area (TPSA) is 17.1 Å². The molecular weight excluding hydrogens is 276 g/mol. The van der Waals surface area contributed by atoms with Gasteiger partial charge in [-0.1, -0.05) is 43.9 Å². The standard InChI is InChI=1S/C15H19BrO/c1-11-7-6-10-13(14(11)16)15(17)12-8-4-2-3-5-9-12/h6-7,10,12H,2-5,8-9H2,1H3. The lowest BCUT2D eigenvalue weighted by atomic mass is 9.90. The fourth-order valence-electron chi connectivity index (χ4n) is 2.60. The Morgan fingerprint density at radius 3 is 2.47 bits per heavy atom. The summed E-state index contributed by atoms with van der Waals surface area (Å²) in [5, 5.41) is 0. The minimum atomic E-state index is 0.246. The average molecular weight is 295 g/mol. The third-order valence-electron chi connectivity index (χ3n) is 3.68. The summed E-state index contributed by atoms with van der Waals surface area (Å²) in [6.45, 7) is 2.04. The summed E-state index contributed by atoms with van der Waals surface area (Å²) >= 11 is 3.55. The van der Waals surface area contributed by atoms with Gasteiger partial charge in [0, 0.05) is 16.0 Å². The van der Waals surface area contributed by atoms with Crippen LogP contribution in [0.25, 0.3) is 0 Å². The Bertz CT molecular complexity index is 403. The number of aryl methyl sites for hydroxylation is 1. The molecule has 1 aliphatic rings. The molecule has 0 atom stereocenters. The van der Waals surface area contributed by atoms with Crippen molar-refractivity contribution in [3.63, 3.8) is 0 Å². The number of hydrogen-bond donors (Lipinski definition) is 0. The van der Waals surface area contributed by atoms with Crippen LogP contribution in [0.2, 0.25) is 0 Å². The van der Waals surface area contributed by atoms with Gasteiger partial charge in [0.15, 0.2) is 5.78 Å². The van der Waals surface area contributed by atoms with Gasteiger partial charge in [0.2, 0.25) is 0 Å². The van der Waals surface area contributed by atoms with E-state index in [1.54, 1.807) is 0 Å². The molecule has 0 spiro atoms. The minimum absolute atomic E-state index is 0.246. The smallest absolute Gasteiger partial charge is 0.167 e. The fraction of sp³-hybridized carbons (Fsp3) is 0.533. The number of halogens is 1. The number of carbonyl (C=O) groups excluding carboxylic acids is 1. The van der Waals surface area contributed by atoms with Crippen molar-refractivity contribution < 1.29 is 4.79 Å². The largest absolute Gasteiger partial charge is 0.294 e. The van der Waals surface area contributed by atoms with Crippen molar-refractivity contribution in [1.29, 1.82) is 0 Å². The molecule has 92 valence electrons. The molecule has 1 aromatic rings. The second-order valence-corrected chi connectivity index (χ2v) is 5.78. The summed E-state index contributed by atoms with van der Waals surface area (Å²) in [4.78, 5) is 12.5. The van der Waals surface area contributed by atoms with Gasteiger partial charge in [-0.25, -0.2) is 0 Å². The van der Waals surface area contributed by atoms with E-state index in [1.807, 2.05) is 25.1 Å². The summed E-state index contributed by atoms with van der Waals surface area (Å²) in [5.74, 6) is 0.582. The molecule has 17 heavy (non-hydrogen) atoms. The normalized spacial score (nSPS) is 17.8. The summed E-state index contributed by atoms with van der Waals surface area (Å²) in [6, 6.07) is 5.96.